The van der Waals surface area contributed by atoms with Crippen molar-refractivity contribution in [3.63, 3.8) is 0 Å². The Hall–Kier alpha value is -3.00. The summed E-state index contributed by atoms with van der Waals surface area (Å²) in [7, 11) is 1.67. The fraction of sp³-hybridized carbons (Fsp3) is 0.455. The van der Waals surface area contributed by atoms with Crippen LogP contribution in [0.2, 0.25) is 0 Å². The van der Waals surface area contributed by atoms with Crippen molar-refractivity contribution in [2.45, 2.75) is 13.5 Å². The van der Waals surface area contributed by atoms with Gasteiger partial charge in [0.05, 0.1) is 57.8 Å². The highest BCUT2D eigenvalue weighted by Crippen LogP contribution is 2.27. The molecule has 0 atom stereocenters. The molecule has 2 amide bonds. The standard InChI is InChI=1S/C22H30N4O4/c1-3-29-20-9-5-4-8-19(20)26-12-10-25(11-13-26)17-22(28)24(2)16-21(27)23-15-18-7-6-14-30-18/h4-9,14H,3,10-13,15-17H2,1-2H3,(H,23,27)/p+1. The lowest BCUT2D eigenvalue weighted by Gasteiger charge is -2.34. The van der Waals surface area contributed by atoms with Crippen molar-refractivity contribution < 1.29 is 23.6 Å². The number of nitrogens with one attached hydrogen (secondary N) is 2. The monoisotopic (exact) mass is 415 g/mol. The molecule has 0 saturated carbocycles. The number of hydrogen-bond donors (Lipinski definition) is 2. The molecular formula is C22H31N4O4+. The zero-order valence-corrected chi connectivity index (χ0v) is 17.7. The summed E-state index contributed by atoms with van der Waals surface area (Å²) in [6, 6.07) is 11.6. The third kappa shape index (κ3) is 6.00. The SMILES string of the molecule is CCOc1ccccc1N1CC[NH+](CC(=O)N(C)CC(=O)NCc2ccco2)CC1. The number of rotatable bonds is 9. The normalized spacial score (nSPS) is 14.4. The third-order valence-corrected chi connectivity index (χ3v) is 5.22. The van der Waals surface area contributed by atoms with Crippen LogP contribution in [-0.4, -0.2) is 69.6 Å². The molecular weight excluding hydrogens is 384 g/mol. The smallest absolute Gasteiger partial charge is 0.277 e. The van der Waals surface area contributed by atoms with Gasteiger partial charge >= 0.3 is 0 Å². The molecule has 1 aliphatic heterocycles. The number of carbonyl (C=O) groups excluding carboxylic acids is 2. The van der Waals surface area contributed by atoms with Crippen LogP contribution in [0.5, 0.6) is 5.75 Å². The number of ether oxygens (including phenoxy) is 1. The van der Waals surface area contributed by atoms with Gasteiger partial charge in [-0.05, 0) is 31.2 Å². The molecule has 2 N–H and O–H groups in total. The summed E-state index contributed by atoms with van der Waals surface area (Å²) in [5, 5.41) is 2.76. The van der Waals surface area contributed by atoms with Crippen LogP contribution < -0.4 is 19.9 Å². The molecule has 3 rings (SSSR count). The number of para-hydroxylation sites is 2. The number of anilines is 1. The number of furan rings is 1. The van der Waals surface area contributed by atoms with Crippen molar-refractivity contribution in [1.29, 1.82) is 0 Å². The average Bonchev–Trinajstić information content (AvgIpc) is 3.27. The fourth-order valence-corrected chi connectivity index (χ4v) is 3.54. The molecule has 2 aromatic rings. The first-order valence-corrected chi connectivity index (χ1v) is 10.4. The largest absolute Gasteiger partial charge is 0.492 e. The number of piperazine rings is 1. The van der Waals surface area contributed by atoms with E-state index in [1.54, 1.807) is 25.4 Å². The first-order valence-electron chi connectivity index (χ1n) is 10.4. The average molecular weight is 416 g/mol. The van der Waals surface area contributed by atoms with Crippen LogP contribution in [0.4, 0.5) is 5.69 Å². The molecule has 0 radical (unpaired) electrons. The predicted molar refractivity (Wildman–Crippen MR) is 114 cm³/mol. The minimum absolute atomic E-state index is 0.0266. The van der Waals surface area contributed by atoms with Gasteiger partial charge in [-0.2, -0.15) is 0 Å². The van der Waals surface area contributed by atoms with Gasteiger partial charge < -0.3 is 29.2 Å². The molecule has 8 nitrogen and oxygen atoms in total. The Kier molecular flexibility index (Phi) is 7.73. The Morgan fingerprint density at radius 3 is 2.67 bits per heavy atom. The molecule has 2 heterocycles. The quantitative estimate of drug-likeness (QED) is 0.610. The van der Waals surface area contributed by atoms with Gasteiger partial charge in [0.15, 0.2) is 6.54 Å². The Balaban J connectivity index is 1.41. The van der Waals surface area contributed by atoms with Crippen LogP contribution in [0.15, 0.2) is 47.1 Å². The van der Waals surface area contributed by atoms with Crippen LogP contribution in [-0.2, 0) is 16.1 Å². The Bertz CT molecular complexity index is 816. The highest BCUT2D eigenvalue weighted by Gasteiger charge is 2.25. The van der Waals surface area contributed by atoms with Crippen LogP contribution in [0.1, 0.15) is 12.7 Å². The summed E-state index contributed by atoms with van der Waals surface area (Å²) >= 11 is 0. The van der Waals surface area contributed by atoms with Gasteiger partial charge in [-0.3, -0.25) is 9.59 Å². The Labute approximate surface area is 177 Å². The lowest BCUT2D eigenvalue weighted by Crippen LogP contribution is -3.15. The highest BCUT2D eigenvalue weighted by molar-refractivity contribution is 5.84. The molecule has 0 aliphatic carbocycles. The highest BCUT2D eigenvalue weighted by atomic mass is 16.5. The minimum Gasteiger partial charge on any atom is -0.492 e. The summed E-state index contributed by atoms with van der Waals surface area (Å²) in [5.41, 5.74) is 1.11. The second-order valence-corrected chi connectivity index (χ2v) is 7.42. The number of amides is 2. The minimum atomic E-state index is -0.199. The number of nitrogens with zero attached hydrogens (tertiary/aromatic N) is 2. The van der Waals surface area contributed by atoms with Gasteiger partial charge in [-0.25, -0.2) is 0 Å². The molecule has 1 aliphatic rings. The van der Waals surface area contributed by atoms with E-state index in [1.165, 1.54) is 9.80 Å². The molecule has 0 unspecified atom stereocenters. The third-order valence-electron chi connectivity index (χ3n) is 5.22. The van der Waals surface area contributed by atoms with Crippen molar-refractivity contribution in [1.82, 2.24) is 10.2 Å². The maximum atomic E-state index is 12.5. The lowest BCUT2D eigenvalue weighted by atomic mass is 10.2. The van der Waals surface area contributed by atoms with E-state index in [0.29, 0.717) is 25.5 Å². The second-order valence-electron chi connectivity index (χ2n) is 7.42. The first kappa shape index (κ1) is 21.7. The number of benzene rings is 1. The fourth-order valence-electron chi connectivity index (χ4n) is 3.54. The van der Waals surface area contributed by atoms with E-state index in [-0.39, 0.29) is 18.4 Å². The van der Waals surface area contributed by atoms with Crippen LogP contribution in [0, 0.1) is 0 Å². The van der Waals surface area contributed by atoms with Gasteiger partial charge in [-0.1, -0.05) is 12.1 Å². The summed E-state index contributed by atoms with van der Waals surface area (Å²) in [5.74, 6) is 1.36. The molecule has 8 heteroatoms. The predicted octanol–water partition coefficient (Wildman–Crippen LogP) is 0.158. The summed E-state index contributed by atoms with van der Waals surface area (Å²) in [6.45, 7) is 6.83. The number of likely N-dealkylation sites (N-methyl/N-ethyl adjacent to an activating group) is 1. The Morgan fingerprint density at radius 1 is 1.20 bits per heavy atom. The van der Waals surface area contributed by atoms with Gasteiger partial charge in [0.1, 0.15) is 11.5 Å². The van der Waals surface area contributed by atoms with E-state index in [1.807, 2.05) is 25.1 Å². The molecule has 1 aromatic heterocycles. The van der Waals surface area contributed by atoms with Gasteiger partial charge in [-0.15, -0.1) is 0 Å². The van der Waals surface area contributed by atoms with E-state index in [2.05, 4.69) is 16.3 Å². The molecule has 1 fully saturated rings. The maximum absolute atomic E-state index is 12.5. The number of hydrogen-bond acceptors (Lipinski definition) is 5. The Morgan fingerprint density at radius 2 is 1.97 bits per heavy atom. The lowest BCUT2D eigenvalue weighted by molar-refractivity contribution is -0.892. The maximum Gasteiger partial charge on any atom is 0.277 e. The van der Waals surface area contributed by atoms with Crippen LogP contribution in [0.25, 0.3) is 0 Å². The molecule has 0 spiro atoms. The van der Waals surface area contributed by atoms with Gasteiger partial charge in [0.25, 0.3) is 5.91 Å². The molecule has 0 bridgehead atoms. The first-order chi connectivity index (χ1) is 14.6. The van der Waals surface area contributed by atoms with E-state index in [0.717, 1.165) is 37.6 Å². The number of carbonyl (C=O) groups is 2. The van der Waals surface area contributed by atoms with Crippen molar-refractivity contribution in [2.24, 2.45) is 0 Å². The second kappa shape index (κ2) is 10.7. The van der Waals surface area contributed by atoms with Crippen molar-refractivity contribution >= 4 is 17.5 Å². The van der Waals surface area contributed by atoms with Gasteiger partial charge in [0, 0.05) is 7.05 Å². The molecule has 1 saturated heterocycles. The van der Waals surface area contributed by atoms with Crippen LogP contribution in [0.3, 0.4) is 0 Å². The molecule has 162 valence electrons. The van der Waals surface area contributed by atoms with E-state index in [4.69, 9.17) is 9.15 Å². The van der Waals surface area contributed by atoms with Crippen molar-refractivity contribution in [2.75, 3.05) is 57.8 Å². The molecule has 30 heavy (non-hydrogen) atoms. The van der Waals surface area contributed by atoms with Gasteiger partial charge in [0.2, 0.25) is 5.91 Å². The molecule has 1 aromatic carbocycles. The summed E-state index contributed by atoms with van der Waals surface area (Å²) in [6.07, 6.45) is 1.56. The van der Waals surface area contributed by atoms with Crippen molar-refractivity contribution in [3.05, 3.63) is 48.4 Å². The van der Waals surface area contributed by atoms with Crippen LogP contribution >= 0.6 is 0 Å². The zero-order chi connectivity index (χ0) is 21.3. The summed E-state index contributed by atoms with van der Waals surface area (Å²) < 4.78 is 10.9. The van der Waals surface area contributed by atoms with E-state index >= 15 is 0 Å². The van der Waals surface area contributed by atoms with E-state index in [9.17, 15) is 9.59 Å². The summed E-state index contributed by atoms with van der Waals surface area (Å²) in [4.78, 5) is 29.6. The van der Waals surface area contributed by atoms with E-state index < -0.39 is 0 Å². The van der Waals surface area contributed by atoms with Crippen molar-refractivity contribution in [3.8, 4) is 5.75 Å². The number of quaternary nitrogens is 1. The zero-order valence-electron chi connectivity index (χ0n) is 17.7. The topological polar surface area (TPSA) is 79.5 Å².